The van der Waals surface area contributed by atoms with Crippen molar-refractivity contribution >= 4 is 11.5 Å². The highest BCUT2D eigenvalue weighted by Crippen LogP contribution is 2.22. The van der Waals surface area contributed by atoms with Gasteiger partial charge in [-0.25, -0.2) is 4.39 Å². The van der Waals surface area contributed by atoms with E-state index in [4.69, 9.17) is 0 Å². The number of carbonyl (C=O) groups excluding carboxylic acids is 1. The largest absolute Gasteiger partial charge is 0.294 e. The molecule has 1 rings (SSSR count). The Balaban J connectivity index is 3.12. The highest BCUT2D eigenvalue weighted by molar-refractivity contribution is 6.00. The molecule has 0 aliphatic heterocycles. The number of benzene rings is 1. The Morgan fingerprint density at radius 3 is 2.56 bits per heavy atom. The van der Waals surface area contributed by atoms with Crippen LogP contribution in [0.25, 0.3) is 0 Å². The molecule has 1 aromatic carbocycles. The van der Waals surface area contributed by atoms with Crippen molar-refractivity contribution in [3.63, 3.8) is 0 Å². The van der Waals surface area contributed by atoms with Crippen LogP contribution in [0, 0.1) is 21.8 Å². The van der Waals surface area contributed by atoms with E-state index in [-0.39, 0.29) is 17.8 Å². The van der Waals surface area contributed by atoms with Gasteiger partial charge in [-0.1, -0.05) is 13.8 Å². The van der Waals surface area contributed by atoms with E-state index in [0.717, 1.165) is 24.1 Å². The maximum absolute atomic E-state index is 12.8. The maximum atomic E-state index is 12.8. The van der Waals surface area contributed by atoms with E-state index in [1.54, 1.807) is 13.8 Å². The van der Waals surface area contributed by atoms with Crippen LogP contribution < -0.4 is 0 Å². The van der Waals surface area contributed by atoms with Crippen LogP contribution in [0.1, 0.15) is 30.6 Å². The number of Topliss-reactive ketones (excluding diaryl/α,β-unsaturated/α-hetero) is 1. The van der Waals surface area contributed by atoms with E-state index in [2.05, 4.69) is 0 Å². The molecule has 0 aliphatic rings. The number of nitrogens with zero attached hydrogens (tertiary/aromatic N) is 1. The van der Waals surface area contributed by atoms with Crippen molar-refractivity contribution in [2.75, 3.05) is 0 Å². The Kier molecular flexibility index (Phi) is 3.71. The predicted molar refractivity (Wildman–Crippen MR) is 56.6 cm³/mol. The lowest BCUT2D eigenvalue weighted by Gasteiger charge is -2.04. The first kappa shape index (κ1) is 12.3. The molecule has 0 aromatic heterocycles. The van der Waals surface area contributed by atoms with E-state index < -0.39 is 16.4 Å². The van der Waals surface area contributed by atoms with E-state index in [1.807, 2.05) is 0 Å². The molecule has 85 valence electrons. The third-order valence-corrected chi connectivity index (χ3v) is 1.97. The molecule has 0 bridgehead atoms. The van der Waals surface area contributed by atoms with Crippen LogP contribution in [-0.2, 0) is 0 Å². The number of halogens is 1. The van der Waals surface area contributed by atoms with Crippen molar-refractivity contribution < 1.29 is 14.1 Å². The second kappa shape index (κ2) is 4.83. The Morgan fingerprint density at radius 1 is 1.44 bits per heavy atom. The Hall–Kier alpha value is -1.78. The molecule has 0 saturated carbocycles. The number of hydrogen-bond donors (Lipinski definition) is 0. The number of rotatable bonds is 4. The van der Waals surface area contributed by atoms with Crippen LogP contribution in [0.4, 0.5) is 10.1 Å². The van der Waals surface area contributed by atoms with Gasteiger partial charge in [-0.05, 0) is 18.1 Å². The minimum absolute atomic E-state index is 0.0485. The lowest BCUT2D eigenvalue weighted by atomic mass is 10.00. The molecular weight excluding hydrogens is 213 g/mol. The van der Waals surface area contributed by atoms with Gasteiger partial charge in [-0.2, -0.15) is 0 Å². The fourth-order valence-corrected chi connectivity index (χ4v) is 1.31. The van der Waals surface area contributed by atoms with Crippen LogP contribution >= 0.6 is 0 Å². The first-order valence-electron chi connectivity index (χ1n) is 4.68. The molecule has 0 heterocycles. The molecular formula is C11H11FNO3. The summed E-state index contributed by atoms with van der Waals surface area (Å²) >= 11 is 0. The maximum Gasteiger partial charge on any atom is 0.283 e. The van der Waals surface area contributed by atoms with Crippen molar-refractivity contribution in [3.05, 3.63) is 45.6 Å². The van der Waals surface area contributed by atoms with Crippen LogP contribution in [0.5, 0.6) is 0 Å². The van der Waals surface area contributed by atoms with E-state index in [1.165, 1.54) is 0 Å². The third kappa shape index (κ3) is 2.85. The van der Waals surface area contributed by atoms with Gasteiger partial charge in [0.1, 0.15) is 5.82 Å². The van der Waals surface area contributed by atoms with Gasteiger partial charge in [0.2, 0.25) is 0 Å². The van der Waals surface area contributed by atoms with Crippen LogP contribution in [0.3, 0.4) is 0 Å². The molecule has 0 atom stereocenters. The zero-order chi connectivity index (χ0) is 12.3. The smallest absolute Gasteiger partial charge is 0.283 e. The molecule has 0 unspecified atom stereocenters. The molecule has 0 amide bonds. The zero-order valence-electron chi connectivity index (χ0n) is 8.99. The predicted octanol–water partition coefficient (Wildman–Crippen LogP) is 2.92. The Labute approximate surface area is 92.2 Å². The molecule has 1 radical (unpaired) electrons. The summed E-state index contributed by atoms with van der Waals surface area (Å²) in [5.41, 5.74) is -0.529. The first-order chi connectivity index (χ1) is 7.41. The normalized spacial score (nSPS) is 10.5. The number of nitro groups is 1. The molecule has 0 aliphatic carbocycles. The lowest BCUT2D eigenvalue weighted by Crippen LogP contribution is -2.06. The topological polar surface area (TPSA) is 60.2 Å². The van der Waals surface area contributed by atoms with Gasteiger partial charge in [0.15, 0.2) is 5.78 Å². The molecule has 0 fully saturated rings. The highest BCUT2D eigenvalue weighted by Gasteiger charge is 2.21. The summed E-state index contributed by atoms with van der Waals surface area (Å²) < 4.78 is 12.8. The van der Waals surface area contributed by atoms with Crippen molar-refractivity contribution in [1.29, 1.82) is 0 Å². The van der Waals surface area contributed by atoms with Crippen LogP contribution in [-0.4, -0.2) is 10.7 Å². The molecule has 5 heteroatoms. The summed E-state index contributed by atoms with van der Waals surface area (Å²) in [7, 11) is 0. The summed E-state index contributed by atoms with van der Waals surface area (Å²) in [4.78, 5) is 21.5. The fraction of sp³-hybridized carbons (Fsp3) is 0.273. The van der Waals surface area contributed by atoms with Crippen molar-refractivity contribution in [2.45, 2.75) is 20.3 Å². The van der Waals surface area contributed by atoms with Crippen molar-refractivity contribution in [3.8, 4) is 0 Å². The molecule has 0 spiro atoms. The van der Waals surface area contributed by atoms with Gasteiger partial charge in [0.05, 0.1) is 16.6 Å². The summed E-state index contributed by atoms with van der Waals surface area (Å²) in [6, 6.07) is 2.96. The zero-order valence-corrected chi connectivity index (χ0v) is 8.99. The second-order valence-electron chi connectivity index (χ2n) is 3.73. The van der Waals surface area contributed by atoms with Crippen molar-refractivity contribution in [2.24, 2.45) is 0 Å². The fourth-order valence-electron chi connectivity index (χ4n) is 1.31. The lowest BCUT2D eigenvalue weighted by molar-refractivity contribution is -0.385. The van der Waals surface area contributed by atoms with Gasteiger partial charge < -0.3 is 0 Å². The Bertz CT molecular complexity index is 429. The van der Waals surface area contributed by atoms with Gasteiger partial charge in [-0.15, -0.1) is 0 Å². The SMILES string of the molecule is C[C](C)CC(=O)c1ccc(F)cc1[N+](=O)[O-]. The molecule has 1 aromatic rings. The van der Waals surface area contributed by atoms with Gasteiger partial charge in [-0.3, -0.25) is 14.9 Å². The molecule has 4 nitrogen and oxygen atoms in total. The standard InChI is InChI=1S/C11H11FNO3/c1-7(2)5-11(14)9-4-3-8(12)6-10(9)13(15)16/h3-4,6H,5H2,1-2H3. The number of carbonyl (C=O) groups is 1. The van der Waals surface area contributed by atoms with E-state index in [0.29, 0.717) is 0 Å². The van der Waals surface area contributed by atoms with Crippen LogP contribution in [0.15, 0.2) is 18.2 Å². The average Bonchev–Trinajstić information content (AvgIpc) is 2.16. The second-order valence-corrected chi connectivity index (χ2v) is 3.73. The number of nitro benzene ring substituents is 1. The quantitative estimate of drug-likeness (QED) is 0.448. The minimum Gasteiger partial charge on any atom is -0.294 e. The van der Waals surface area contributed by atoms with Gasteiger partial charge >= 0.3 is 0 Å². The van der Waals surface area contributed by atoms with Crippen LogP contribution in [0.2, 0.25) is 0 Å². The summed E-state index contributed by atoms with van der Waals surface area (Å²) in [5.74, 6) is -0.240. The van der Waals surface area contributed by atoms with Crippen molar-refractivity contribution in [1.82, 2.24) is 0 Å². The summed E-state index contributed by atoms with van der Waals surface area (Å²) in [6.45, 7) is 3.51. The first-order valence-corrected chi connectivity index (χ1v) is 4.68. The highest BCUT2D eigenvalue weighted by atomic mass is 19.1. The van der Waals surface area contributed by atoms with Gasteiger partial charge in [0.25, 0.3) is 5.69 Å². The third-order valence-electron chi connectivity index (χ3n) is 1.97. The van der Waals surface area contributed by atoms with E-state index in [9.17, 15) is 19.3 Å². The minimum atomic E-state index is -0.749. The number of ketones is 1. The van der Waals surface area contributed by atoms with Gasteiger partial charge in [0, 0.05) is 6.42 Å². The molecule has 0 N–H and O–H groups in total. The summed E-state index contributed by atoms with van der Waals surface area (Å²) in [5, 5.41) is 10.6. The monoisotopic (exact) mass is 224 g/mol. The summed E-state index contributed by atoms with van der Waals surface area (Å²) in [6.07, 6.45) is 0.131. The molecule has 0 saturated heterocycles. The number of hydrogen-bond acceptors (Lipinski definition) is 3. The Morgan fingerprint density at radius 2 is 2.06 bits per heavy atom. The molecule has 16 heavy (non-hydrogen) atoms. The van der Waals surface area contributed by atoms with E-state index >= 15 is 0 Å². The average molecular weight is 224 g/mol.